The summed E-state index contributed by atoms with van der Waals surface area (Å²) in [7, 11) is 1.24. The number of halogens is 4. The average Bonchev–Trinajstić information content (AvgIpc) is 3.40. The monoisotopic (exact) mass is 771 g/mol. The summed E-state index contributed by atoms with van der Waals surface area (Å²) in [6.07, 6.45) is -7.70. The maximum atomic E-state index is 13.7. The first-order valence-electron chi connectivity index (χ1n) is 15.2. The zero-order valence-corrected chi connectivity index (χ0v) is 29.3. The number of hydrogen-bond donors (Lipinski definition) is 0. The third kappa shape index (κ3) is 7.18. The van der Waals surface area contributed by atoms with Gasteiger partial charge in [-0.15, -0.1) is 0 Å². The van der Waals surface area contributed by atoms with Gasteiger partial charge in [0.05, 0.1) is 54.5 Å². The summed E-state index contributed by atoms with van der Waals surface area (Å²) in [6.45, 7) is -0.612. The van der Waals surface area contributed by atoms with Crippen molar-refractivity contribution in [1.29, 1.82) is 0 Å². The summed E-state index contributed by atoms with van der Waals surface area (Å²) in [4.78, 5) is 68.8. The molecule has 2 aliphatic heterocycles. The topological polar surface area (TPSA) is 135 Å². The zero-order valence-electron chi connectivity index (χ0n) is 26.3. The molecule has 11 nitrogen and oxygen atoms in total. The summed E-state index contributed by atoms with van der Waals surface area (Å²) >= 11 is 25.1. The Morgan fingerprint density at radius 3 is 1.35 bits per heavy atom. The second kappa shape index (κ2) is 15.4. The third-order valence-corrected chi connectivity index (χ3v) is 9.93. The molecule has 4 aromatic rings. The van der Waals surface area contributed by atoms with Crippen LogP contribution in [0, 0.1) is 0 Å². The van der Waals surface area contributed by atoms with Crippen molar-refractivity contribution in [2.24, 2.45) is 0 Å². The van der Waals surface area contributed by atoms with Gasteiger partial charge in [-0.1, -0.05) is 101 Å². The van der Waals surface area contributed by atoms with Gasteiger partial charge in [-0.2, -0.15) is 0 Å². The zero-order chi connectivity index (χ0) is 36.4. The van der Waals surface area contributed by atoms with Crippen molar-refractivity contribution >= 4 is 76.1 Å². The minimum Gasteiger partial charge on any atom is -0.452 e. The molecule has 2 amide bonds. The van der Waals surface area contributed by atoms with E-state index in [4.69, 9.17) is 70.1 Å². The lowest BCUT2D eigenvalue weighted by molar-refractivity contribution is -0.287. The molecular formula is C36H25Cl4NO10. The molecule has 262 valence electrons. The molecule has 2 heterocycles. The highest BCUT2D eigenvalue weighted by Gasteiger charge is 2.55. The molecule has 6 rings (SSSR count). The number of carbonyl (C=O) groups excluding carboxylic acids is 5. The van der Waals surface area contributed by atoms with Gasteiger partial charge in [0.1, 0.15) is 6.10 Å². The van der Waals surface area contributed by atoms with E-state index >= 15 is 0 Å². The van der Waals surface area contributed by atoms with Gasteiger partial charge < -0.3 is 23.7 Å². The average molecular weight is 773 g/mol. The van der Waals surface area contributed by atoms with Crippen LogP contribution >= 0.6 is 46.4 Å². The molecule has 5 atom stereocenters. The molecule has 0 radical (unpaired) electrons. The van der Waals surface area contributed by atoms with Crippen molar-refractivity contribution in [2.75, 3.05) is 13.7 Å². The second-order valence-electron chi connectivity index (χ2n) is 11.2. The molecule has 1 saturated heterocycles. The van der Waals surface area contributed by atoms with Crippen LogP contribution in [-0.2, 0) is 23.7 Å². The van der Waals surface area contributed by atoms with Crippen LogP contribution < -0.4 is 0 Å². The van der Waals surface area contributed by atoms with Crippen LogP contribution in [0.5, 0.6) is 0 Å². The third-order valence-electron chi connectivity index (χ3n) is 8.13. The van der Waals surface area contributed by atoms with Crippen molar-refractivity contribution in [2.45, 2.75) is 30.7 Å². The van der Waals surface area contributed by atoms with Gasteiger partial charge in [0, 0.05) is 7.11 Å². The molecule has 0 N–H and O–H groups in total. The van der Waals surface area contributed by atoms with E-state index in [2.05, 4.69) is 0 Å². The molecule has 51 heavy (non-hydrogen) atoms. The van der Waals surface area contributed by atoms with Crippen LogP contribution in [0.2, 0.25) is 20.1 Å². The fraction of sp³-hybridized carbons (Fsp3) is 0.194. The van der Waals surface area contributed by atoms with Crippen molar-refractivity contribution in [3.8, 4) is 0 Å². The summed E-state index contributed by atoms with van der Waals surface area (Å²) < 4.78 is 29.5. The standard InChI is InChI=1S/C36H25Cl4NO10/c1-47-36-30(51-35(46)20-15-9-4-10-16-20)29(50-34(45)19-13-7-3-8-14-19)28(49-33(44)18-11-5-2-6-12-18)21(48-36)17-41-31(42)22-23(32(41)43)25(38)27(40)26(39)24(22)37/h2-16,21,28-30,36H,17H2,1H3/t21-,28-,29+,30-,36+/m1/s1. The first kappa shape index (κ1) is 36.3. The number of imide groups is 1. The highest BCUT2D eigenvalue weighted by Crippen LogP contribution is 2.45. The molecular weight excluding hydrogens is 748 g/mol. The fourth-order valence-electron chi connectivity index (χ4n) is 5.66. The lowest BCUT2D eigenvalue weighted by Gasteiger charge is -2.44. The number of nitrogens with zero attached hydrogens (tertiary/aromatic N) is 1. The predicted molar refractivity (Wildman–Crippen MR) is 184 cm³/mol. The van der Waals surface area contributed by atoms with Gasteiger partial charge in [0.15, 0.2) is 24.6 Å². The Labute approximate surface area is 310 Å². The normalized spacial score (nSPS) is 21.2. The number of esters is 3. The van der Waals surface area contributed by atoms with E-state index in [1.165, 1.54) is 43.5 Å². The summed E-state index contributed by atoms with van der Waals surface area (Å²) in [5, 5.41) is -1.06. The number of carbonyl (C=O) groups is 5. The molecule has 2 aliphatic rings. The summed E-state index contributed by atoms with van der Waals surface area (Å²) in [5.74, 6) is -4.40. The van der Waals surface area contributed by atoms with Gasteiger partial charge in [-0.3, -0.25) is 14.5 Å². The lowest BCUT2D eigenvalue weighted by Crippen LogP contribution is -2.64. The van der Waals surface area contributed by atoms with E-state index < -0.39 is 67.0 Å². The molecule has 0 bridgehead atoms. The highest BCUT2D eigenvalue weighted by molar-refractivity contribution is 6.55. The molecule has 0 spiro atoms. The molecule has 15 heteroatoms. The maximum absolute atomic E-state index is 13.7. The van der Waals surface area contributed by atoms with E-state index in [-0.39, 0.29) is 47.9 Å². The van der Waals surface area contributed by atoms with Crippen molar-refractivity contribution in [3.05, 3.63) is 139 Å². The first-order chi connectivity index (χ1) is 24.5. The largest absolute Gasteiger partial charge is 0.452 e. The second-order valence-corrected chi connectivity index (χ2v) is 12.7. The van der Waals surface area contributed by atoms with Crippen molar-refractivity contribution < 1.29 is 47.7 Å². The van der Waals surface area contributed by atoms with Crippen LogP contribution in [0.3, 0.4) is 0 Å². The van der Waals surface area contributed by atoms with Crippen LogP contribution in [0.1, 0.15) is 51.8 Å². The predicted octanol–water partition coefficient (Wildman–Crippen LogP) is 6.94. The molecule has 0 aliphatic carbocycles. The summed E-state index contributed by atoms with van der Waals surface area (Å²) in [5.41, 5.74) is -0.203. The Morgan fingerprint density at radius 1 is 0.588 bits per heavy atom. The molecule has 0 unspecified atom stereocenters. The van der Waals surface area contributed by atoms with E-state index in [0.717, 1.165) is 4.90 Å². The number of ether oxygens (including phenoxy) is 5. The quantitative estimate of drug-likeness (QED) is 0.0579. The van der Waals surface area contributed by atoms with Gasteiger partial charge in [0.25, 0.3) is 11.8 Å². The Kier molecular flexibility index (Phi) is 11.0. The van der Waals surface area contributed by atoms with Crippen LogP contribution in [0.4, 0.5) is 0 Å². The molecule has 0 saturated carbocycles. The number of hydrogen-bond acceptors (Lipinski definition) is 10. The molecule has 1 fully saturated rings. The molecule has 0 aromatic heterocycles. The number of benzene rings is 4. The fourth-order valence-corrected chi connectivity index (χ4v) is 6.67. The Morgan fingerprint density at radius 2 is 0.961 bits per heavy atom. The number of rotatable bonds is 9. The minimum atomic E-state index is -1.62. The Bertz CT molecular complexity index is 1950. The van der Waals surface area contributed by atoms with Crippen LogP contribution in [-0.4, -0.2) is 79.0 Å². The number of methoxy groups -OCH3 is 1. The van der Waals surface area contributed by atoms with Gasteiger partial charge in [-0.25, -0.2) is 14.4 Å². The van der Waals surface area contributed by atoms with Gasteiger partial charge in [-0.05, 0) is 36.4 Å². The van der Waals surface area contributed by atoms with E-state index in [1.54, 1.807) is 54.6 Å². The van der Waals surface area contributed by atoms with E-state index in [0.29, 0.717) is 0 Å². The van der Waals surface area contributed by atoms with E-state index in [1.807, 2.05) is 0 Å². The van der Waals surface area contributed by atoms with Gasteiger partial charge >= 0.3 is 17.9 Å². The molecule has 4 aromatic carbocycles. The smallest absolute Gasteiger partial charge is 0.338 e. The lowest BCUT2D eigenvalue weighted by atomic mass is 9.96. The Hall–Kier alpha value is -4.49. The van der Waals surface area contributed by atoms with Gasteiger partial charge in [0.2, 0.25) is 0 Å². The first-order valence-corrected chi connectivity index (χ1v) is 16.7. The summed E-state index contributed by atoms with van der Waals surface area (Å²) in [6, 6.07) is 23.7. The maximum Gasteiger partial charge on any atom is 0.338 e. The van der Waals surface area contributed by atoms with Crippen LogP contribution in [0.15, 0.2) is 91.0 Å². The SMILES string of the molecule is CO[C@H]1O[C@H](CN2C(=O)c3c(Cl)c(Cl)c(Cl)c(Cl)c3C2=O)[C@@H](OC(=O)c2ccccc2)[C@H](OC(=O)c2ccccc2)[C@H]1OC(=O)c1ccccc1. The Balaban J connectivity index is 1.42. The van der Waals surface area contributed by atoms with Crippen LogP contribution in [0.25, 0.3) is 0 Å². The van der Waals surface area contributed by atoms with Crippen molar-refractivity contribution in [1.82, 2.24) is 4.90 Å². The number of fused-ring (bicyclic) bond motifs is 1. The highest BCUT2D eigenvalue weighted by atomic mass is 35.5. The van der Waals surface area contributed by atoms with E-state index in [9.17, 15) is 24.0 Å². The number of amides is 2. The minimum absolute atomic E-state index is 0.111. The van der Waals surface area contributed by atoms with Crippen molar-refractivity contribution in [3.63, 3.8) is 0 Å².